The summed E-state index contributed by atoms with van der Waals surface area (Å²) in [5, 5.41) is 0. The Kier molecular flexibility index (Phi) is 6.52. The summed E-state index contributed by atoms with van der Waals surface area (Å²) in [5.41, 5.74) is 4.40. The average Bonchev–Trinajstić information content (AvgIpc) is 1.88. The number of nitrogens with zero attached hydrogens (tertiary/aromatic N) is 1. The van der Waals surface area contributed by atoms with Crippen LogP contribution in [0.5, 0.6) is 0 Å². The number of hydrogen-bond donors (Lipinski definition) is 0. The van der Waals surface area contributed by atoms with Crippen LogP contribution in [-0.4, -0.2) is 37.9 Å². The molecule has 0 saturated heterocycles. The van der Waals surface area contributed by atoms with Gasteiger partial charge in [0.2, 0.25) is 0 Å². The summed E-state index contributed by atoms with van der Waals surface area (Å²) in [5.74, 6) is 0. The Morgan fingerprint density at radius 3 is 2.09 bits per heavy atom. The molecular formula is C7H16AsFNP. The molecule has 0 aromatic carbocycles. The molecule has 0 unspecified atom stereocenters. The van der Waals surface area contributed by atoms with E-state index in [2.05, 4.69) is 11.4 Å². The van der Waals surface area contributed by atoms with Gasteiger partial charge in [-0.15, -0.1) is 0 Å². The van der Waals surface area contributed by atoms with Crippen LogP contribution >= 0.6 is 6.76 Å². The van der Waals surface area contributed by atoms with Gasteiger partial charge in [-0.25, -0.2) is 0 Å². The Hall–Kier alpha value is 0.618. The van der Waals surface area contributed by atoms with Crippen molar-refractivity contribution in [1.82, 2.24) is 4.90 Å². The third kappa shape index (κ3) is 4.95. The molecule has 0 N–H and O–H groups in total. The van der Waals surface area contributed by atoms with Crippen molar-refractivity contribution in [2.45, 2.75) is 25.3 Å². The van der Waals surface area contributed by atoms with E-state index in [9.17, 15) is 4.39 Å². The van der Waals surface area contributed by atoms with Crippen LogP contribution in [0.4, 0.5) is 4.39 Å². The molecule has 0 rings (SSSR count). The third-order valence-corrected chi connectivity index (χ3v) is 5.71. The van der Waals surface area contributed by atoms with E-state index in [1.54, 1.807) is 4.90 Å². The Morgan fingerprint density at radius 1 is 1.36 bits per heavy atom. The molecule has 0 saturated carbocycles. The summed E-state index contributed by atoms with van der Waals surface area (Å²) in [4.78, 5) is 1.79. The van der Waals surface area contributed by atoms with E-state index < -0.39 is 14.2 Å². The van der Waals surface area contributed by atoms with E-state index in [4.69, 9.17) is 0 Å². The first-order chi connectivity index (χ1) is 5.11. The van der Waals surface area contributed by atoms with E-state index in [1.807, 2.05) is 13.8 Å². The van der Waals surface area contributed by atoms with Gasteiger partial charge in [0, 0.05) is 0 Å². The van der Waals surface area contributed by atoms with Gasteiger partial charge in [-0.1, -0.05) is 0 Å². The van der Waals surface area contributed by atoms with Crippen molar-refractivity contribution in [2.75, 3.05) is 13.1 Å². The van der Waals surface area contributed by atoms with Crippen LogP contribution < -0.4 is 0 Å². The van der Waals surface area contributed by atoms with E-state index in [1.165, 1.54) is 0 Å². The van der Waals surface area contributed by atoms with Crippen LogP contribution in [0.3, 0.4) is 0 Å². The first kappa shape index (κ1) is 11.6. The number of rotatable bonds is 4. The van der Waals surface area contributed by atoms with E-state index in [0.717, 1.165) is 19.9 Å². The molecule has 0 radical (unpaired) electrons. The minimum absolute atomic E-state index is 0.0694. The second-order valence-electron chi connectivity index (χ2n) is 2.39. The summed E-state index contributed by atoms with van der Waals surface area (Å²) in [7, 11) is 0. The van der Waals surface area contributed by atoms with Gasteiger partial charge in [0.1, 0.15) is 0 Å². The van der Waals surface area contributed by atoms with E-state index >= 15 is 0 Å². The van der Waals surface area contributed by atoms with Crippen LogP contribution in [0, 0.1) is 0 Å². The van der Waals surface area contributed by atoms with Gasteiger partial charge >= 0.3 is 74.3 Å². The predicted molar refractivity (Wildman–Crippen MR) is 53.4 cm³/mol. The van der Waals surface area contributed by atoms with Crippen LogP contribution in [0.25, 0.3) is 0 Å². The fourth-order valence-corrected chi connectivity index (χ4v) is 4.33. The predicted octanol–water partition coefficient (Wildman–Crippen LogP) is 2.58. The van der Waals surface area contributed by atoms with Gasteiger partial charge in [0.15, 0.2) is 0 Å². The van der Waals surface area contributed by atoms with Gasteiger partial charge in [-0.3, -0.25) is 0 Å². The second-order valence-corrected chi connectivity index (χ2v) is 11.9. The van der Waals surface area contributed by atoms with Gasteiger partial charge < -0.3 is 0 Å². The zero-order valence-corrected chi connectivity index (χ0v) is 10.4. The monoisotopic (exact) mass is 239 g/mol. The van der Waals surface area contributed by atoms with Crippen molar-refractivity contribution in [3.8, 4) is 0 Å². The quantitative estimate of drug-likeness (QED) is 0.414. The molecule has 0 aliphatic rings. The first-order valence-corrected chi connectivity index (χ1v) is 10.9. The van der Waals surface area contributed by atoms with Crippen molar-refractivity contribution in [3.05, 3.63) is 0 Å². The van der Waals surface area contributed by atoms with Crippen LogP contribution in [0.1, 0.15) is 13.8 Å². The summed E-state index contributed by atoms with van der Waals surface area (Å²) < 4.78 is 13.2. The topological polar surface area (TPSA) is 3.24 Å². The fraction of sp³-hybridized carbons (Fsp3) is 0.857. The molecule has 0 aliphatic carbocycles. The molecule has 0 aromatic rings. The average molecular weight is 239 g/mol. The second kappa shape index (κ2) is 6.17. The molecule has 0 amide bonds. The Balaban J connectivity index is 4.07. The van der Waals surface area contributed by atoms with Crippen molar-refractivity contribution in [2.24, 2.45) is 0 Å². The summed E-state index contributed by atoms with van der Waals surface area (Å²) in [6.07, 6.45) is 0. The molecule has 0 aromatic heterocycles. The maximum absolute atomic E-state index is 13.2. The van der Waals surface area contributed by atoms with Crippen molar-refractivity contribution < 1.29 is 4.39 Å². The first-order valence-electron chi connectivity index (χ1n) is 3.78. The molecule has 0 spiro atoms. The SMILES string of the molecule is CCN(CC)C(F)=P[As](C)C. The molecule has 0 atom stereocenters. The summed E-state index contributed by atoms with van der Waals surface area (Å²) in [6, 6.07) is 0. The molecule has 0 bridgehead atoms. The van der Waals surface area contributed by atoms with Crippen molar-refractivity contribution >= 4 is 26.6 Å². The maximum atomic E-state index is 13.2. The third-order valence-electron chi connectivity index (χ3n) is 1.31. The fourth-order valence-electron chi connectivity index (χ4n) is 0.713. The van der Waals surface area contributed by atoms with E-state index in [-0.39, 0.29) is 5.67 Å². The summed E-state index contributed by atoms with van der Waals surface area (Å²) in [6.45, 7) is 6.51. The zero-order chi connectivity index (χ0) is 8.85. The standard InChI is InChI=1S/C7H16AsFNP/c1-5-10(6-2)7(9)11-8(3)4/h5-6H2,1-4H3. The summed E-state index contributed by atoms with van der Waals surface area (Å²) >= 11 is -0.853. The van der Waals surface area contributed by atoms with Crippen LogP contribution in [0.2, 0.25) is 11.4 Å². The molecule has 4 heteroatoms. The Labute approximate surface area is 74.6 Å². The van der Waals surface area contributed by atoms with Gasteiger partial charge in [0.25, 0.3) is 0 Å². The molecule has 66 valence electrons. The molecule has 0 aliphatic heterocycles. The zero-order valence-electron chi connectivity index (χ0n) is 7.63. The van der Waals surface area contributed by atoms with Gasteiger partial charge in [0.05, 0.1) is 0 Å². The normalized spacial score (nSPS) is 13.2. The molecular weight excluding hydrogens is 223 g/mol. The van der Waals surface area contributed by atoms with E-state index in [0.29, 0.717) is 0 Å². The van der Waals surface area contributed by atoms with Crippen LogP contribution in [0.15, 0.2) is 0 Å². The van der Waals surface area contributed by atoms with Gasteiger partial charge in [-0.2, -0.15) is 0 Å². The molecule has 0 fully saturated rings. The molecule has 1 nitrogen and oxygen atoms in total. The van der Waals surface area contributed by atoms with Gasteiger partial charge in [-0.05, 0) is 0 Å². The minimum atomic E-state index is -0.853. The van der Waals surface area contributed by atoms with Crippen molar-refractivity contribution in [1.29, 1.82) is 0 Å². The molecule has 11 heavy (non-hydrogen) atoms. The molecule has 0 heterocycles. The van der Waals surface area contributed by atoms with Crippen LogP contribution in [-0.2, 0) is 0 Å². The number of halogens is 1. The Bertz CT molecular complexity index is 134. The Morgan fingerprint density at radius 2 is 1.82 bits per heavy atom. The number of hydrogen-bond acceptors (Lipinski definition) is 0. The van der Waals surface area contributed by atoms with Crippen molar-refractivity contribution in [3.63, 3.8) is 0 Å².